The molecular weight excluding hydrogens is 360 g/mol. The van der Waals surface area contributed by atoms with E-state index in [1.165, 1.54) is 0 Å². The summed E-state index contributed by atoms with van der Waals surface area (Å²) in [5, 5.41) is 10.6. The first-order valence-electron chi connectivity index (χ1n) is 8.61. The number of aromatic nitrogens is 5. The molecule has 0 atom stereocenters. The molecule has 140 valence electrons. The summed E-state index contributed by atoms with van der Waals surface area (Å²) in [6, 6.07) is 10.9. The highest BCUT2D eigenvalue weighted by Gasteiger charge is 2.12. The van der Waals surface area contributed by atoms with E-state index in [4.69, 9.17) is 9.05 Å². The van der Waals surface area contributed by atoms with Gasteiger partial charge < -0.3 is 14.4 Å². The van der Waals surface area contributed by atoms with E-state index in [0.717, 1.165) is 11.1 Å². The molecule has 1 N–H and O–H groups in total. The van der Waals surface area contributed by atoms with E-state index in [0.29, 0.717) is 35.5 Å². The molecule has 1 aromatic carbocycles. The van der Waals surface area contributed by atoms with Crippen molar-refractivity contribution >= 4 is 11.6 Å². The van der Waals surface area contributed by atoms with E-state index in [9.17, 15) is 4.79 Å². The zero-order valence-corrected chi connectivity index (χ0v) is 15.0. The number of nitrogens with one attached hydrogen (secondary N) is 1. The number of aryl methyl sites for hydroxylation is 2. The minimum atomic E-state index is -0.164. The van der Waals surface area contributed by atoms with Gasteiger partial charge in [-0.15, -0.1) is 0 Å². The van der Waals surface area contributed by atoms with Gasteiger partial charge in [0.05, 0.1) is 0 Å². The van der Waals surface area contributed by atoms with E-state index >= 15 is 0 Å². The van der Waals surface area contributed by atoms with Gasteiger partial charge in [-0.3, -0.25) is 9.78 Å². The molecule has 0 saturated heterocycles. The van der Waals surface area contributed by atoms with Crippen molar-refractivity contribution in [3.63, 3.8) is 0 Å². The number of carbonyl (C=O) groups excluding carboxylic acids is 1. The third kappa shape index (κ3) is 4.09. The smallest absolute Gasteiger partial charge is 0.227 e. The number of nitrogens with zero attached hydrogens (tertiary/aromatic N) is 5. The summed E-state index contributed by atoms with van der Waals surface area (Å²) in [6.07, 6.45) is 3.87. The number of hydrogen-bond donors (Lipinski definition) is 1. The van der Waals surface area contributed by atoms with Crippen molar-refractivity contribution in [1.29, 1.82) is 0 Å². The van der Waals surface area contributed by atoms with Gasteiger partial charge in [0.15, 0.2) is 0 Å². The first-order chi connectivity index (χ1) is 13.7. The molecule has 0 bridgehead atoms. The molecule has 0 aliphatic rings. The Morgan fingerprint density at radius 3 is 2.64 bits per heavy atom. The normalized spacial score (nSPS) is 10.8. The summed E-state index contributed by atoms with van der Waals surface area (Å²) >= 11 is 0. The summed E-state index contributed by atoms with van der Waals surface area (Å²) in [7, 11) is 0. The fraction of sp³-hybridized carbons (Fsp3) is 0.158. The Kier molecular flexibility index (Phi) is 4.87. The number of pyridine rings is 1. The van der Waals surface area contributed by atoms with Gasteiger partial charge in [0.1, 0.15) is 0 Å². The zero-order chi connectivity index (χ0) is 19.3. The lowest BCUT2D eigenvalue weighted by molar-refractivity contribution is -0.116. The molecule has 0 saturated carbocycles. The minimum absolute atomic E-state index is 0.164. The van der Waals surface area contributed by atoms with Crippen LogP contribution >= 0.6 is 0 Å². The first-order valence-corrected chi connectivity index (χ1v) is 8.61. The van der Waals surface area contributed by atoms with Crippen molar-refractivity contribution in [2.24, 2.45) is 0 Å². The topological polar surface area (TPSA) is 120 Å². The molecule has 0 spiro atoms. The van der Waals surface area contributed by atoms with Crippen LogP contribution in [-0.4, -0.2) is 31.2 Å². The van der Waals surface area contributed by atoms with Crippen LogP contribution in [0, 0.1) is 6.92 Å². The van der Waals surface area contributed by atoms with Gasteiger partial charge in [0, 0.05) is 49.0 Å². The van der Waals surface area contributed by atoms with Crippen LogP contribution in [0.2, 0.25) is 0 Å². The average molecular weight is 376 g/mol. The SMILES string of the molecule is Cc1nc(-c2cccc(NC(=O)CCc3nc(-c4cccnc4)no3)c2)no1. The molecule has 4 aromatic rings. The Labute approximate surface area is 159 Å². The number of anilines is 1. The highest BCUT2D eigenvalue weighted by Crippen LogP contribution is 2.20. The fourth-order valence-electron chi connectivity index (χ4n) is 2.57. The van der Waals surface area contributed by atoms with E-state index in [-0.39, 0.29) is 12.3 Å². The number of benzene rings is 1. The van der Waals surface area contributed by atoms with Crippen LogP contribution in [0.4, 0.5) is 5.69 Å². The van der Waals surface area contributed by atoms with Crippen molar-refractivity contribution in [2.75, 3.05) is 5.32 Å². The number of amides is 1. The summed E-state index contributed by atoms with van der Waals surface area (Å²) in [5.74, 6) is 1.64. The number of carbonyl (C=O) groups is 1. The monoisotopic (exact) mass is 376 g/mol. The highest BCUT2D eigenvalue weighted by atomic mass is 16.5. The third-order valence-electron chi connectivity index (χ3n) is 3.89. The Morgan fingerprint density at radius 1 is 1.04 bits per heavy atom. The van der Waals surface area contributed by atoms with Crippen molar-refractivity contribution in [3.05, 3.63) is 60.6 Å². The maximum atomic E-state index is 12.3. The third-order valence-corrected chi connectivity index (χ3v) is 3.89. The van der Waals surface area contributed by atoms with Gasteiger partial charge in [-0.1, -0.05) is 22.4 Å². The van der Waals surface area contributed by atoms with Gasteiger partial charge >= 0.3 is 0 Å². The van der Waals surface area contributed by atoms with Gasteiger partial charge in [-0.2, -0.15) is 9.97 Å². The largest absolute Gasteiger partial charge is 0.339 e. The molecule has 4 rings (SSSR count). The number of hydrogen-bond acceptors (Lipinski definition) is 8. The predicted octanol–water partition coefficient (Wildman–Crippen LogP) is 3.06. The fourth-order valence-corrected chi connectivity index (χ4v) is 2.57. The van der Waals surface area contributed by atoms with E-state index in [2.05, 4.69) is 30.6 Å². The van der Waals surface area contributed by atoms with Crippen LogP contribution in [0.1, 0.15) is 18.2 Å². The molecule has 3 heterocycles. The minimum Gasteiger partial charge on any atom is -0.339 e. The zero-order valence-electron chi connectivity index (χ0n) is 15.0. The molecule has 0 radical (unpaired) electrons. The quantitative estimate of drug-likeness (QED) is 0.545. The Balaban J connectivity index is 1.36. The van der Waals surface area contributed by atoms with Crippen molar-refractivity contribution < 1.29 is 13.8 Å². The van der Waals surface area contributed by atoms with Crippen LogP contribution in [0.25, 0.3) is 22.8 Å². The second kappa shape index (κ2) is 7.78. The van der Waals surface area contributed by atoms with Crippen LogP contribution < -0.4 is 5.32 Å². The molecule has 0 fully saturated rings. The van der Waals surface area contributed by atoms with Crippen molar-refractivity contribution in [3.8, 4) is 22.8 Å². The molecule has 0 aliphatic carbocycles. The first kappa shape index (κ1) is 17.5. The lowest BCUT2D eigenvalue weighted by Gasteiger charge is -2.05. The van der Waals surface area contributed by atoms with Gasteiger partial charge in [0.25, 0.3) is 0 Å². The molecule has 9 nitrogen and oxygen atoms in total. The predicted molar refractivity (Wildman–Crippen MR) is 99.0 cm³/mol. The Morgan fingerprint density at radius 2 is 1.86 bits per heavy atom. The summed E-state index contributed by atoms with van der Waals surface area (Å²) in [4.78, 5) is 24.7. The number of rotatable bonds is 6. The van der Waals surface area contributed by atoms with Crippen LogP contribution in [0.5, 0.6) is 0 Å². The van der Waals surface area contributed by atoms with Crippen molar-refractivity contribution in [2.45, 2.75) is 19.8 Å². The second-order valence-electron chi connectivity index (χ2n) is 6.02. The van der Waals surface area contributed by atoms with E-state index in [1.807, 2.05) is 18.2 Å². The maximum Gasteiger partial charge on any atom is 0.227 e. The van der Waals surface area contributed by atoms with Crippen molar-refractivity contribution in [1.82, 2.24) is 25.3 Å². The Bertz CT molecular complexity index is 1090. The highest BCUT2D eigenvalue weighted by molar-refractivity contribution is 5.91. The lowest BCUT2D eigenvalue weighted by Crippen LogP contribution is -2.12. The Hall–Kier alpha value is -3.88. The van der Waals surface area contributed by atoms with Crippen LogP contribution in [0.15, 0.2) is 57.8 Å². The van der Waals surface area contributed by atoms with Crippen LogP contribution in [-0.2, 0) is 11.2 Å². The maximum absolute atomic E-state index is 12.3. The van der Waals surface area contributed by atoms with Gasteiger partial charge in [-0.05, 0) is 24.3 Å². The van der Waals surface area contributed by atoms with Gasteiger partial charge in [-0.25, -0.2) is 0 Å². The summed E-state index contributed by atoms with van der Waals surface area (Å²) in [6.45, 7) is 1.72. The van der Waals surface area contributed by atoms with Gasteiger partial charge in [0.2, 0.25) is 29.3 Å². The molecule has 3 aromatic heterocycles. The van der Waals surface area contributed by atoms with E-state index in [1.54, 1.807) is 37.5 Å². The molecular formula is C19H16N6O3. The molecule has 0 aliphatic heterocycles. The van der Waals surface area contributed by atoms with E-state index < -0.39 is 0 Å². The average Bonchev–Trinajstić information content (AvgIpc) is 3.36. The molecule has 0 unspecified atom stereocenters. The second-order valence-corrected chi connectivity index (χ2v) is 6.02. The lowest BCUT2D eigenvalue weighted by atomic mass is 10.2. The molecule has 28 heavy (non-hydrogen) atoms. The molecule has 1 amide bonds. The summed E-state index contributed by atoms with van der Waals surface area (Å²) in [5.41, 5.74) is 2.16. The van der Waals surface area contributed by atoms with Crippen LogP contribution in [0.3, 0.4) is 0 Å². The summed E-state index contributed by atoms with van der Waals surface area (Å²) < 4.78 is 10.2. The standard InChI is InChI=1S/C19H16N6O3/c1-12-21-18(24-27-12)13-4-2-6-15(10-13)22-16(26)7-8-17-23-19(25-28-17)14-5-3-9-20-11-14/h2-6,9-11H,7-8H2,1H3,(H,22,26). The molecule has 9 heteroatoms.